The lowest BCUT2D eigenvalue weighted by Crippen LogP contribution is -2.52. The van der Waals surface area contributed by atoms with E-state index in [0.29, 0.717) is 22.3 Å². The van der Waals surface area contributed by atoms with E-state index in [-0.39, 0.29) is 23.6 Å². The molecule has 0 bridgehead atoms. The zero-order valence-electron chi connectivity index (χ0n) is 17.0. The SMILES string of the molecule is Cc1cc(NC(=O)c2ccco2)sc1C(=O)NCC(C1CCOC1)N1CCOCC1. The normalized spacial score (nSPS) is 20.8. The van der Waals surface area contributed by atoms with Gasteiger partial charge in [-0.25, -0.2) is 0 Å². The van der Waals surface area contributed by atoms with Gasteiger partial charge < -0.3 is 24.5 Å². The van der Waals surface area contributed by atoms with Gasteiger partial charge in [-0.3, -0.25) is 14.5 Å². The number of carbonyl (C=O) groups excluding carboxylic acids is 2. The van der Waals surface area contributed by atoms with Crippen LogP contribution in [0.3, 0.4) is 0 Å². The first-order chi connectivity index (χ1) is 14.6. The Labute approximate surface area is 179 Å². The first kappa shape index (κ1) is 21.0. The Kier molecular flexibility index (Phi) is 6.83. The molecule has 8 nitrogen and oxygen atoms in total. The Morgan fingerprint density at radius 1 is 1.23 bits per heavy atom. The molecule has 162 valence electrons. The minimum atomic E-state index is -0.332. The fourth-order valence-electron chi connectivity index (χ4n) is 3.99. The van der Waals surface area contributed by atoms with E-state index in [2.05, 4.69) is 15.5 Å². The molecule has 2 aromatic rings. The molecule has 2 aliphatic heterocycles. The van der Waals surface area contributed by atoms with Crippen molar-refractivity contribution in [2.45, 2.75) is 19.4 Å². The Bertz CT molecular complexity index is 854. The van der Waals surface area contributed by atoms with Crippen molar-refractivity contribution in [1.82, 2.24) is 10.2 Å². The van der Waals surface area contributed by atoms with Crippen LogP contribution in [0.25, 0.3) is 0 Å². The van der Waals surface area contributed by atoms with Crippen molar-refractivity contribution in [1.29, 1.82) is 0 Å². The maximum atomic E-state index is 12.9. The summed E-state index contributed by atoms with van der Waals surface area (Å²) in [6.07, 6.45) is 2.46. The van der Waals surface area contributed by atoms with E-state index in [4.69, 9.17) is 13.9 Å². The summed E-state index contributed by atoms with van der Waals surface area (Å²) in [7, 11) is 0. The number of hydrogen-bond acceptors (Lipinski definition) is 7. The summed E-state index contributed by atoms with van der Waals surface area (Å²) in [6, 6.07) is 5.30. The molecule has 2 atom stereocenters. The highest BCUT2D eigenvalue weighted by Gasteiger charge is 2.32. The minimum absolute atomic E-state index is 0.117. The molecule has 0 radical (unpaired) electrons. The number of nitrogens with one attached hydrogen (secondary N) is 2. The second-order valence-electron chi connectivity index (χ2n) is 7.60. The quantitative estimate of drug-likeness (QED) is 0.696. The Morgan fingerprint density at radius 2 is 2.07 bits per heavy atom. The molecule has 2 saturated heterocycles. The molecule has 0 saturated carbocycles. The molecule has 4 rings (SSSR count). The monoisotopic (exact) mass is 433 g/mol. The number of carbonyl (C=O) groups is 2. The summed E-state index contributed by atoms with van der Waals surface area (Å²) >= 11 is 1.27. The van der Waals surface area contributed by atoms with E-state index in [1.807, 2.05) is 13.0 Å². The summed E-state index contributed by atoms with van der Waals surface area (Å²) in [5.41, 5.74) is 0.833. The fraction of sp³-hybridized carbons (Fsp3) is 0.524. The number of morpholine rings is 1. The Balaban J connectivity index is 1.38. The summed E-state index contributed by atoms with van der Waals surface area (Å²) < 4.78 is 16.2. The van der Waals surface area contributed by atoms with Gasteiger partial charge in [0.2, 0.25) is 0 Å². The molecule has 2 aliphatic rings. The van der Waals surface area contributed by atoms with Crippen LogP contribution in [0.4, 0.5) is 5.00 Å². The van der Waals surface area contributed by atoms with Crippen molar-refractivity contribution in [2.75, 3.05) is 51.4 Å². The largest absolute Gasteiger partial charge is 0.459 e. The van der Waals surface area contributed by atoms with Crippen LogP contribution in [0.1, 0.15) is 32.2 Å². The van der Waals surface area contributed by atoms with E-state index in [9.17, 15) is 9.59 Å². The number of amides is 2. The van der Waals surface area contributed by atoms with Gasteiger partial charge in [0.05, 0.1) is 36.0 Å². The number of aryl methyl sites for hydroxylation is 1. The van der Waals surface area contributed by atoms with E-state index in [0.717, 1.165) is 51.5 Å². The number of thiophene rings is 1. The number of nitrogens with zero attached hydrogens (tertiary/aromatic N) is 1. The number of hydrogen-bond donors (Lipinski definition) is 2. The number of anilines is 1. The maximum absolute atomic E-state index is 12.9. The highest BCUT2D eigenvalue weighted by Crippen LogP contribution is 2.27. The first-order valence-corrected chi connectivity index (χ1v) is 11.1. The van der Waals surface area contributed by atoms with E-state index in [1.54, 1.807) is 12.1 Å². The smallest absolute Gasteiger partial charge is 0.291 e. The lowest BCUT2D eigenvalue weighted by Gasteiger charge is -2.37. The summed E-state index contributed by atoms with van der Waals surface area (Å²) in [5.74, 6) is 0.199. The zero-order valence-corrected chi connectivity index (χ0v) is 17.8. The topological polar surface area (TPSA) is 93.0 Å². The highest BCUT2D eigenvalue weighted by atomic mass is 32.1. The van der Waals surface area contributed by atoms with Crippen molar-refractivity contribution in [3.63, 3.8) is 0 Å². The molecule has 2 amide bonds. The predicted octanol–water partition coefficient (Wildman–Crippen LogP) is 2.37. The zero-order chi connectivity index (χ0) is 20.9. The third kappa shape index (κ3) is 4.92. The molecule has 2 unspecified atom stereocenters. The molecule has 9 heteroatoms. The van der Waals surface area contributed by atoms with Crippen LogP contribution in [-0.4, -0.2) is 68.8 Å². The average molecular weight is 434 g/mol. The Morgan fingerprint density at radius 3 is 2.77 bits per heavy atom. The van der Waals surface area contributed by atoms with Crippen LogP contribution in [0.15, 0.2) is 28.9 Å². The highest BCUT2D eigenvalue weighted by molar-refractivity contribution is 7.18. The molecule has 0 aromatic carbocycles. The van der Waals surface area contributed by atoms with E-state index >= 15 is 0 Å². The molecule has 0 spiro atoms. The molecule has 2 fully saturated rings. The Hall–Kier alpha value is -2.20. The number of ether oxygens (including phenoxy) is 2. The van der Waals surface area contributed by atoms with Crippen molar-refractivity contribution in [3.05, 3.63) is 40.7 Å². The van der Waals surface area contributed by atoms with Gasteiger partial charge in [-0.15, -0.1) is 11.3 Å². The van der Waals surface area contributed by atoms with Gasteiger partial charge in [-0.2, -0.15) is 0 Å². The van der Waals surface area contributed by atoms with Crippen molar-refractivity contribution in [2.24, 2.45) is 5.92 Å². The van der Waals surface area contributed by atoms with Crippen LogP contribution >= 0.6 is 11.3 Å². The third-order valence-corrected chi connectivity index (χ3v) is 6.75. The van der Waals surface area contributed by atoms with Gasteiger partial charge in [0, 0.05) is 38.2 Å². The second-order valence-corrected chi connectivity index (χ2v) is 8.66. The van der Waals surface area contributed by atoms with Gasteiger partial charge in [-0.1, -0.05) is 0 Å². The lowest BCUT2D eigenvalue weighted by atomic mass is 9.97. The molecular formula is C21H27N3O5S. The molecule has 2 aromatic heterocycles. The minimum Gasteiger partial charge on any atom is -0.459 e. The van der Waals surface area contributed by atoms with Crippen LogP contribution in [0, 0.1) is 12.8 Å². The van der Waals surface area contributed by atoms with Gasteiger partial charge in [0.25, 0.3) is 11.8 Å². The van der Waals surface area contributed by atoms with Crippen molar-refractivity contribution >= 4 is 28.2 Å². The van der Waals surface area contributed by atoms with Crippen molar-refractivity contribution < 1.29 is 23.5 Å². The number of furan rings is 1. The summed E-state index contributed by atoms with van der Waals surface area (Å²) in [5, 5.41) is 6.52. The van der Waals surface area contributed by atoms with E-state index < -0.39 is 0 Å². The molecule has 30 heavy (non-hydrogen) atoms. The van der Waals surface area contributed by atoms with Gasteiger partial charge >= 0.3 is 0 Å². The summed E-state index contributed by atoms with van der Waals surface area (Å²) in [6.45, 7) is 7.15. The van der Waals surface area contributed by atoms with Crippen LogP contribution in [0.2, 0.25) is 0 Å². The fourth-order valence-corrected chi connectivity index (χ4v) is 4.97. The van der Waals surface area contributed by atoms with Gasteiger partial charge in [-0.05, 0) is 37.1 Å². The lowest BCUT2D eigenvalue weighted by molar-refractivity contribution is 0.00167. The maximum Gasteiger partial charge on any atom is 0.291 e. The van der Waals surface area contributed by atoms with Crippen molar-refractivity contribution in [3.8, 4) is 0 Å². The molecule has 4 heterocycles. The molecular weight excluding hydrogens is 406 g/mol. The van der Waals surface area contributed by atoms with Crippen LogP contribution < -0.4 is 10.6 Å². The van der Waals surface area contributed by atoms with Gasteiger partial charge in [0.1, 0.15) is 0 Å². The standard InChI is InChI=1S/C21H27N3O5S/c1-14-11-18(23-20(25)17-3-2-7-29-17)30-19(14)21(26)22-12-16(15-4-8-28-13-15)24-5-9-27-10-6-24/h2-3,7,11,15-16H,4-6,8-10,12-13H2,1H3,(H,22,26)(H,23,25). The second kappa shape index (κ2) is 9.74. The number of rotatable bonds is 7. The van der Waals surface area contributed by atoms with Crippen LogP contribution in [0.5, 0.6) is 0 Å². The molecule has 2 N–H and O–H groups in total. The third-order valence-electron chi connectivity index (χ3n) is 5.60. The van der Waals surface area contributed by atoms with E-state index in [1.165, 1.54) is 17.6 Å². The van der Waals surface area contributed by atoms with Crippen LogP contribution in [-0.2, 0) is 9.47 Å². The molecule has 0 aliphatic carbocycles. The predicted molar refractivity (Wildman–Crippen MR) is 113 cm³/mol. The summed E-state index contributed by atoms with van der Waals surface area (Å²) in [4.78, 5) is 28.1. The van der Waals surface area contributed by atoms with Gasteiger partial charge in [0.15, 0.2) is 5.76 Å². The average Bonchev–Trinajstić information content (AvgIpc) is 3.51. The first-order valence-electron chi connectivity index (χ1n) is 10.2.